The fourth-order valence-corrected chi connectivity index (χ4v) is 1.42. The molecule has 0 aromatic heterocycles. The first-order chi connectivity index (χ1) is 6.92. The van der Waals surface area contributed by atoms with E-state index >= 15 is 0 Å². The minimum Gasteiger partial charge on any atom is -0.377 e. The molecule has 0 heterocycles. The van der Waals surface area contributed by atoms with Crippen molar-refractivity contribution < 1.29 is 22.7 Å². The highest BCUT2D eigenvalue weighted by molar-refractivity contribution is 5.81. The summed E-state index contributed by atoms with van der Waals surface area (Å²) < 4.78 is 41.0. The van der Waals surface area contributed by atoms with Crippen LogP contribution in [0.25, 0.3) is 0 Å². The van der Waals surface area contributed by atoms with E-state index in [4.69, 9.17) is 0 Å². The topological polar surface area (TPSA) is 29.5 Å². The van der Waals surface area contributed by atoms with Crippen LogP contribution in [0.2, 0.25) is 0 Å². The summed E-state index contributed by atoms with van der Waals surface area (Å²) >= 11 is 0. The molecule has 0 N–H and O–H groups in total. The third-order valence-corrected chi connectivity index (χ3v) is 2.13. The van der Waals surface area contributed by atoms with Gasteiger partial charge in [-0.05, 0) is 12.8 Å². The smallest absolute Gasteiger partial charge is 0.377 e. The van der Waals surface area contributed by atoms with Gasteiger partial charge in [-0.1, -0.05) is 0 Å². The molecule has 1 fully saturated rings. The van der Waals surface area contributed by atoms with Crippen LogP contribution in [-0.2, 0) is 9.53 Å². The Hall–Kier alpha value is -0.620. The van der Waals surface area contributed by atoms with Gasteiger partial charge in [-0.15, -0.1) is 0 Å². The monoisotopic (exact) mass is 225 g/mol. The molecule has 0 saturated heterocycles. The van der Waals surface area contributed by atoms with Gasteiger partial charge >= 0.3 is 6.18 Å². The molecule has 6 heteroatoms. The highest BCUT2D eigenvalue weighted by atomic mass is 19.4. The van der Waals surface area contributed by atoms with Crippen LogP contribution in [0.5, 0.6) is 0 Å². The number of Topliss-reactive ketones (excluding diaryl/α,β-unsaturated/α-hetero) is 1. The van der Waals surface area contributed by atoms with Gasteiger partial charge in [-0.3, -0.25) is 9.69 Å². The van der Waals surface area contributed by atoms with Crippen molar-refractivity contribution in [1.29, 1.82) is 0 Å². The highest BCUT2D eigenvalue weighted by Crippen LogP contribution is 2.29. The lowest BCUT2D eigenvalue weighted by Crippen LogP contribution is -2.40. The third kappa shape index (κ3) is 5.13. The van der Waals surface area contributed by atoms with Crippen molar-refractivity contribution in [3.63, 3.8) is 0 Å². The summed E-state index contributed by atoms with van der Waals surface area (Å²) in [5, 5.41) is 0. The molecule has 0 spiro atoms. The second-order valence-corrected chi connectivity index (χ2v) is 3.72. The van der Waals surface area contributed by atoms with Crippen molar-refractivity contribution in [2.75, 3.05) is 26.8 Å². The fourth-order valence-electron chi connectivity index (χ4n) is 1.42. The van der Waals surface area contributed by atoms with Crippen molar-refractivity contribution in [3.05, 3.63) is 0 Å². The van der Waals surface area contributed by atoms with Crippen LogP contribution in [0.4, 0.5) is 13.2 Å². The van der Waals surface area contributed by atoms with Crippen LogP contribution in [0.3, 0.4) is 0 Å². The fraction of sp³-hybridized carbons (Fsp3) is 0.889. The molecule has 0 aromatic rings. The molecule has 88 valence electrons. The lowest BCUT2D eigenvalue weighted by molar-refractivity contribution is -0.150. The molecule has 1 rings (SSSR count). The number of methoxy groups -OCH3 is 1. The molecule has 0 unspecified atom stereocenters. The summed E-state index contributed by atoms with van der Waals surface area (Å²) in [6.45, 7) is -1.30. The molecule has 0 atom stereocenters. The summed E-state index contributed by atoms with van der Waals surface area (Å²) in [6.07, 6.45) is -2.75. The third-order valence-electron chi connectivity index (χ3n) is 2.13. The van der Waals surface area contributed by atoms with E-state index in [-0.39, 0.29) is 25.0 Å². The van der Waals surface area contributed by atoms with E-state index < -0.39 is 12.7 Å². The van der Waals surface area contributed by atoms with Gasteiger partial charge in [0.15, 0.2) is 5.78 Å². The number of hydrogen-bond acceptors (Lipinski definition) is 3. The van der Waals surface area contributed by atoms with Gasteiger partial charge in [0, 0.05) is 13.2 Å². The highest BCUT2D eigenvalue weighted by Gasteiger charge is 2.38. The van der Waals surface area contributed by atoms with Crippen molar-refractivity contribution in [2.45, 2.75) is 25.1 Å². The van der Waals surface area contributed by atoms with Gasteiger partial charge in [-0.2, -0.15) is 13.2 Å². The van der Waals surface area contributed by atoms with Crippen LogP contribution in [0.1, 0.15) is 12.8 Å². The number of ketones is 1. The first-order valence-corrected chi connectivity index (χ1v) is 4.74. The molecule has 1 aliphatic carbocycles. The van der Waals surface area contributed by atoms with Crippen LogP contribution in [0.15, 0.2) is 0 Å². The van der Waals surface area contributed by atoms with E-state index in [2.05, 4.69) is 4.74 Å². The molecule has 1 aliphatic rings. The maximum atomic E-state index is 12.1. The van der Waals surface area contributed by atoms with Crippen molar-refractivity contribution in [2.24, 2.45) is 0 Å². The Kier molecular flexibility index (Phi) is 4.10. The van der Waals surface area contributed by atoms with Crippen LogP contribution in [0, 0.1) is 0 Å². The number of rotatable bonds is 6. The molecule has 0 aromatic carbocycles. The zero-order valence-corrected chi connectivity index (χ0v) is 8.51. The SMILES string of the molecule is COCC(=O)CN(CC(F)(F)F)C1CC1. The average Bonchev–Trinajstić information content (AvgIpc) is 2.82. The molecule has 0 aliphatic heterocycles. The number of hydrogen-bond donors (Lipinski definition) is 0. The Morgan fingerprint density at radius 1 is 1.47 bits per heavy atom. The van der Waals surface area contributed by atoms with Gasteiger partial charge in [0.25, 0.3) is 0 Å². The Balaban J connectivity index is 2.40. The average molecular weight is 225 g/mol. The van der Waals surface area contributed by atoms with E-state index in [0.717, 1.165) is 12.8 Å². The lowest BCUT2D eigenvalue weighted by Gasteiger charge is -2.22. The molecule has 0 amide bonds. The molecular formula is C9H14F3NO2. The van der Waals surface area contributed by atoms with E-state index in [1.165, 1.54) is 12.0 Å². The predicted octanol–water partition coefficient (Wildman–Crippen LogP) is 1.23. The molecule has 15 heavy (non-hydrogen) atoms. The standard InChI is InChI=1S/C9H14F3NO2/c1-15-5-8(14)4-13(7-2-3-7)6-9(10,11)12/h7H,2-6H2,1H3. The van der Waals surface area contributed by atoms with Gasteiger partial charge < -0.3 is 4.74 Å². The first-order valence-electron chi connectivity index (χ1n) is 4.74. The summed E-state index contributed by atoms with van der Waals surface area (Å²) in [6, 6.07) is -0.0765. The zero-order chi connectivity index (χ0) is 11.5. The Labute approximate surface area is 86.2 Å². The molecule has 1 saturated carbocycles. The summed E-state index contributed by atoms with van der Waals surface area (Å²) in [4.78, 5) is 12.3. The number of carbonyl (C=O) groups is 1. The second-order valence-electron chi connectivity index (χ2n) is 3.72. The molecule has 3 nitrogen and oxygen atoms in total. The maximum Gasteiger partial charge on any atom is 0.401 e. The number of nitrogens with zero attached hydrogens (tertiary/aromatic N) is 1. The number of alkyl halides is 3. The molecule has 0 radical (unpaired) electrons. The molecular weight excluding hydrogens is 211 g/mol. The quantitative estimate of drug-likeness (QED) is 0.681. The van der Waals surface area contributed by atoms with E-state index in [0.29, 0.717) is 0 Å². The first kappa shape index (κ1) is 12.4. The van der Waals surface area contributed by atoms with Gasteiger partial charge in [0.2, 0.25) is 0 Å². The van der Waals surface area contributed by atoms with Crippen molar-refractivity contribution >= 4 is 5.78 Å². The minimum atomic E-state index is -4.24. The van der Waals surface area contributed by atoms with Crippen molar-refractivity contribution in [3.8, 4) is 0 Å². The van der Waals surface area contributed by atoms with E-state index in [1.807, 2.05) is 0 Å². The molecule has 0 bridgehead atoms. The number of carbonyl (C=O) groups excluding carboxylic acids is 1. The van der Waals surface area contributed by atoms with Crippen molar-refractivity contribution in [1.82, 2.24) is 4.90 Å². The summed E-state index contributed by atoms with van der Waals surface area (Å²) in [7, 11) is 1.35. The van der Waals surface area contributed by atoms with Crippen LogP contribution in [-0.4, -0.2) is 49.7 Å². The summed E-state index contributed by atoms with van der Waals surface area (Å²) in [5.74, 6) is -0.311. The second kappa shape index (κ2) is 4.94. The number of halogens is 3. The maximum absolute atomic E-state index is 12.1. The van der Waals surface area contributed by atoms with E-state index in [9.17, 15) is 18.0 Å². The zero-order valence-electron chi connectivity index (χ0n) is 8.51. The minimum absolute atomic E-state index is 0.0765. The lowest BCUT2D eigenvalue weighted by atomic mass is 10.3. The van der Waals surface area contributed by atoms with Gasteiger partial charge in [0.05, 0.1) is 13.1 Å². The largest absolute Gasteiger partial charge is 0.401 e. The van der Waals surface area contributed by atoms with Gasteiger partial charge in [-0.25, -0.2) is 0 Å². The Morgan fingerprint density at radius 3 is 2.47 bits per heavy atom. The number of ether oxygens (including phenoxy) is 1. The Bertz CT molecular complexity index is 226. The van der Waals surface area contributed by atoms with Gasteiger partial charge in [0.1, 0.15) is 6.61 Å². The van der Waals surface area contributed by atoms with Crippen LogP contribution >= 0.6 is 0 Å². The predicted molar refractivity (Wildman–Crippen MR) is 47.5 cm³/mol. The van der Waals surface area contributed by atoms with E-state index in [1.54, 1.807) is 0 Å². The summed E-state index contributed by atoms with van der Waals surface area (Å²) in [5.41, 5.74) is 0. The normalized spacial score (nSPS) is 17.1. The van der Waals surface area contributed by atoms with Crippen LogP contribution < -0.4 is 0 Å². The Morgan fingerprint density at radius 2 is 2.07 bits per heavy atom.